The monoisotopic (exact) mass is 240 g/mol. The summed E-state index contributed by atoms with van der Waals surface area (Å²) in [5, 5.41) is 0. The molecule has 2 aromatic rings. The van der Waals surface area contributed by atoms with Gasteiger partial charge in [-0.2, -0.15) is 0 Å². The molecule has 18 heavy (non-hydrogen) atoms. The summed E-state index contributed by atoms with van der Waals surface area (Å²) in [5.41, 5.74) is 5.13. The van der Waals surface area contributed by atoms with Crippen LogP contribution in [0.15, 0.2) is 42.7 Å². The minimum absolute atomic E-state index is 1.05. The number of pyridine rings is 1. The third kappa shape index (κ3) is 2.53. The third-order valence-electron chi connectivity index (χ3n) is 3.33. The number of aromatic nitrogens is 1. The van der Waals surface area contributed by atoms with E-state index in [2.05, 4.69) is 61.0 Å². The maximum absolute atomic E-state index is 4.06. The molecule has 0 spiro atoms. The Hall–Kier alpha value is -1.83. The van der Waals surface area contributed by atoms with Crippen LogP contribution in [0.1, 0.15) is 19.4 Å². The van der Waals surface area contributed by atoms with E-state index in [1.807, 2.05) is 12.4 Å². The summed E-state index contributed by atoms with van der Waals surface area (Å²) in [5.74, 6) is 0. The highest BCUT2D eigenvalue weighted by Gasteiger charge is 2.06. The van der Waals surface area contributed by atoms with E-state index in [0.29, 0.717) is 0 Å². The van der Waals surface area contributed by atoms with Gasteiger partial charge in [-0.25, -0.2) is 0 Å². The van der Waals surface area contributed by atoms with Crippen molar-refractivity contribution in [3.05, 3.63) is 48.3 Å². The van der Waals surface area contributed by atoms with Crippen molar-refractivity contribution in [3.8, 4) is 11.1 Å². The van der Waals surface area contributed by atoms with Crippen molar-refractivity contribution in [3.63, 3.8) is 0 Å². The van der Waals surface area contributed by atoms with E-state index in [1.165, 1.54) is 22.4 Å². The Bertz CT molecular complexity index is 502. The number of rotatable bonds is 4. The van der Waals surface area contributed by atoms with Gasteiger partial charge >= 0.3 is 0 Å². The molecule has 0 N–H and O–H groups in total. The lowest BCUT2D eigenvalue weighted by atomic mass is 10.0. The SMILES string of the molecule is CCN(CC)c1ccc(-c2ccncc2)c(C)c1. The molecule has 0 bridgehead atoms. The van der Waals surface area contributed by atoms with Crippen molar-refractivity contribution >= 4 is 5.69 Å². The van der Waals surface area contributed by atoms with Crippen LogP contribution in [-0.4, -0.2) is 18.1 Å². The predicted molar refractivity (Wildman–Crippen MR) is 78.0 cm³/mol. The first-order valence-corrected chi connectivity index (χ1v) is 6.52. The number of hydrogen-bond donors (Lipinski definition) is 0. The van der Waals surface area contributed by atoms with Gasteiger partial charge < -0.3 is 4.90 Å². The number of aryl methyl sites for hydroxylation is 1. The molecule has 1 aromatic heterocycles. The normalized spacial score (nSPS) is 10.4. The molecule has 2 heteroatoms. The molecule has 0 radical (unpaired) electrons. The van der Waals surface area contributed by atoms with Crippen LogP contribution in [0.3, 0.4) is 0 Å². The van der Waals surface area contributed by atoms with Gasteiger partial charge in [-0.1, -0.05) is 6.07 Å². The van der Waals surface area contributed by atoms with Crippen LogP contribution in [0.4, 0.5) is 5.69 Å². The molecule has 0 saturated heterocycles. The van der Waals surface area contributed by atoms with Gasteiger partial charge in [-0.15, -0.1) is 0 Å². The largest absolute Gasteiger partial charge is 0.372 e. The average Bonchev–Trinajstić information content (AvgIpc) is 2.41. The zero-order chi connectivity index (χ0) is 13.0. The van der Waals surface area contributed by atoms with Crippen LogP contribution in [0.25, 0.3) is 11.1 Å². The summed E-state index contributed by atoms with van der Waals surface area (Å²) in [7, 11) is 0. The minimum Gasteiger partial charge on any atom is -0.372 e. The lowest BCUT2D eigenvalue weighted by molar-refractivity contribution is 0.866. The van der Waals surface area contributed by atoms with Gasteiger partial charge in [0.2, 0.25) is 0 Å². The molecule has 2 nitrogen and oxygen atoms in total. The van der Waals surface area contributed by atoms with Crippen molar-refractivity contribution < 1.29 is 0 Å². The first kappa shape index (κ1) is 12.6. The van der Waals surface area contributed by atoms with E-state index in [4.69, 9.17) is 0 Å². The Morgan fingerprint density at radius 1 is 1.00 bits per heavy atom. The summed E-state index contributed by atoms with van der Waals surface area (Å²) < 4.78 is 0. The summed E-state index contributed by atoms with van der Waals surface area (Å²) in [4.78, 5) is 6.43. The fraction of sp³-hybridized carbons (Fsp3) is 0.312. The minimum atomic E-state index is 1.05. The number of hydrogen-bond acceptors (Lipinski definition) is 2. The van der Waals surface area contributed by atoms with Crippen molar-refractivity contribution in [1.29, 1.82) is 0 Å². The van der Waals surface area contributed by atoms with Gasteiger partial charge in [-0.3, -0.25) is 4.98 Å². The topological polar surface area (TPSA) is 16.1 Å². The predicted octanol–water partition coefficient (Wildman–Crippen LogP) is 3.90. The molecule has 1 aromatic carbocycles. The van der Waals surface area contributed by atoms with Crippen molar-refractivity contribution in [1.82, 2.24) is 4.98 Å². The third-order valence-corrected chi connectivity index (χ3v) is 3.33. The van der Waals surface area contributed by atoms with Gasteiger partial charge in [0.25, 0.3) is 0 Å². The molecule has 0 aliphatic heterocycles. The zero-order valence-corrected chi connectivity index (χ0v) is 11.4. The molecule has 94 valence electrons. The number of anilines is 1. The van der Waals surface area contributed by atoms with E-state index >= 15 is 0 Å². The first-order chi connectivity index (χ1) is 8.76. The average molecular weight is 240 g/mol. The molecule has 0 aliphatic carbocycles. The van der Waals surface area contributed by atoms with Gasteiger partial charge in [0.15, 0.2) is 0 Å². The number of benzene rings is 1. The fourth-order valence-corrected chi connectivity index (χ4v) is 2.29. The molecule has 0 atom stereocenters. The molecular weight excluding hydrogens is 220 g/mol. The molecular formula is C16H20N2. The second-order valence-corrected chi connectivity index (χ2v) is 4.41. The summed E-state index contributed by atoms with van der Waals surface area (Å²) >= 11 is 0. The van der Waals surface area contributed by atoms with E-state index in [9.17, 15) is 0 Å². The van der Waals surface area contributed by atoms with Gasteiger partial charge in [0.1, 0.15) is 0 Å². The van der Waals surface area contributed by atoms with Gasteiger partial charge in [0, 0.05) is 31.2 Å². The van der Waals surface area contributed by atoms with Crippen molar-refractivity contribution in [2.45, 2.75) is 20.8 Å². The van der Waals surface area contributed by atoms with Crippen LogP contribution < -0.4 is 4.90 Å². The van der Waals surface area contributed by atoms with Crippen molar-refractivity contribution in [2.75, 3.05) is 18.0 Å². The van der Waals surface area contributed by atoms with Crippen LogP contribution in [0.2, 0.25) is 0 Å². The Kier molecular flexibility index (Phi) is 3.98. The summed E-state index contributed by atoms with van der Waals surface area (Å²) in [6.07, 6.45) is 3.68. The Balaban J connectivity index is 2.37. The quantitative estimate of drug-likeness (QED) is 0.805. The van der Waals surface area contributed by atoms with E-state index in [1.54, 1.807) is 0 Å². The first-order valence-electron chi connectivity index (χ1n) is 6.52. The summed E-state index contributed by atoms with van der Waals surface area (Å²) in [6, 6.07) is 10.8. The lowest BCUT2D eigenvalue weighted by Crippen LogP contribution is -2.21. The van der Waals surface area contributed by atoms with Crippen LogP contribution in [-0.2, 0) is 0 Å². The smallest absolute Gasteiger partial charge is 0.0369 e. The molecule has 0 amide bonds. The molecule has 0 fully saturated rings. The van der Waals surface area contributed by atoms with E-state index in [0.717, 1.165) is 13.1 Å². The Morgan fingerprint density at radius 3 is 2.22 bits per heavy atom. The van der Waals surface area contributed by atoms with Crippen molar-refractivity contribution in [2.24, 2.45) is 0 Å². The molecule has 2 rings (SSSR count). The van der Waals surface area contributed by atoms with Crippen LogP contribution in [0, 0.1) is 6.92 Å². The second-order valence-electron chi connectivity index (χ2n) is 4.41. The Morgan fingerprint density at radius 2 is 1.67 bits per heavy atom. The molecule has 1 heterocycles. The molecule has 0 unspecified atom stereocenters. The molecule has 0 aliphatic rings. The van der Waals surface area contributed by atoms with Crippen LogP contribution >= 0.6 is 0 Å². The summed E-state index contributed by atoms with van der Waals surface area (Å²) in [6.45, 7) is 8.64. The Labute approximate surface area is 109 Å². The molecule has 0 saturated carbocycles. The zero-order valence-electron chi connectivity index (χ0n) is 11.4. The number of nitrogens with zero attached hydrogens (tertiary/aromatic N) is 2. The highest BCUT2D eigenvalue weighted by Crippen LogP contribution is 2.26. The second kappa shape index (κ2) is 5.67. The van der Waals surface area contributed by atoms with Gasteiger partial charge in [-0.05, 0) is 61.7 Å². The highest BCUT2D eigenvalue weighted by atomic mass is 15.1. The van der Waals surface area contributed by atoms with Crippen LogP contribution in [0.5, 0.6) is 0 Å². The lowest BCUT2D eigenvalue weighted by Gasteiger charge is -2.22. The fourth-order valence-electron chi connectivity index (χ4n) is 2.29. The van der Waals surface area contributed by atoms with E-state index < -0.39 is 0 Å². The maximum atomic E-state index is 4.06. The maximum Gasteiger partial charge on any atom is 0.0369 e. The highest BCUT2D eigenvalue weighted by molar-refractivity contribution is 5.69. The van der Waals surface area contributed by atoms with Gasteiger partial charge in [0.05, 0.1) is 0 Å². The standard InChI is InChI=1S/C16H20N2/c1-4-18(5-2)15-6-7-16(13(3)12-15)14-8-10-17-11-9-14/h6-12H,4-5H2,1-3H3. The van der Waals surface area contributed by atoms with E-state index in [-0.39, 0.29) is 0 Å².